The average Bonchev–Trinajstić information content (AvgIpc) is 3.96. The minimum Gasteiger partial charge on any atom is -0.435 e. The number of hydrogen-bond donors (Lipinski definition) is 1. The molecule has 11 nitrogen and oxygen atoms in total. The van der Waals surface area contributed by atoms with E-state index in [1.165, 1.54) is 11.3 Å². The Balaban J connectivity index is 1.22. The number of carbonyl (C=O) groups is 2. The van der Waals surface area contributed by atoms with Crippen LogP contribution in [0.25, 0.3) is 33.1 Å². The van der Waals surface area contributed by atoms with Crippen LogP contribution >= 0.6 is 11.3 Å². The third-order valence-electron chi connectivity index (χ3n) is 11.7. The normalized spacial score (nSPS) is 18.6. The number of esters is 1. The van der Waals surface area contributed by atoms with E-state index in [-0.39, 0.29) is 41.3 Å². The SMILES string of the molecule is CCOC(=O)OCOC(=O)[C@@H]1C2CCC(CC2)[C@H]1Nc1nc(-c2cn(C(c3ccccc3)(c3ccccc3)c3ccccc3)c3ncc(F)nc23)nc(-c2cccs2)c1F. The van der Waals surface area contributed by atoms with Gasteiger partial charge in [-0.3, -0.25) is 4.79 Å². The Morgan fingerprint density at radius 3 is 2.03 bits per heavy atom. The molecule has 0 spiro atoms. The van der Waals surface area contributed by atoms with E-state index < -0.39 is 48.2 Å². The Hall–Kier alpha value is -6.54. The van der Waals surface area contributed by atoms with E-state index in [9.17, 15) is 9.59 Å². The number of fused-ring (bicyclic) bond motifs is 4. The van der Waals surface area contributed by atoms with Crippen LogP contribution in [0.15, 0.2) is 121 Å². The summed E-state index contributed by atoms with van der Waals surface area (Å²) in [6.07, 6.45) is 5.21. The molecule has 4 heterocycles. The van der Waals surface area contributed by atoms with Crippen molar-refractivity contribution in [3.05, 3.63) is 149 Å². The van der Waals surface area contributed by atoms with Gasteiger partial charge in [-0.1, -0.05) is 97.1 Å². The van der Waals surface area contributed by atoms with E-state index in [1.807, 2.05) is 107 Å². The number of hydrogen-bond acceptors (Lipinski definition) is 11. The first-order valence-corrected chi connectivity index (χ1v) is 20.8. The zero-order chi connectivity index (χ0) is 41.2. The van der Waals surface area contributed by atoms with Gasteiger partial charge in [0.25, 0.3) is 0 Å². The molecule has 3 aromatic carbocycles. The summed E-state index contributed by atoms with van der Waals surface area (Å²) in [4.78, 5) is 44.8. The maximum absolute atomic E-state index is 17.0. The molecule has 0 saturated heterocycles. The number of ether oxygens (including phenoxy) is 3. The van der Waals surface area contributed by atoms with Crippen LogP contribution in [0.5, 0.6) is 0 Å². The van der Waals surface area contributed by atoms with Crippen LogP contribution in [0.2, 0.25) is 0 Å². The van der Waals surface area contributed by atoms with Crippen LogP contribution in [-0.2, 0) is 24.5 Å². The fraction of sp³-hybridized carbons (Fsp3) is 0.261. The summed E-state index contributed by atoms with van der Waals surface area (Å²) in [5, 5.41) is 5.17. The molecule has 60 heavy (non-hydrogen) atoms. The smallest absolute Gasteiger partial charge is 0.435 e. The fourth-order valence-corrected chi connectivity index (χ4v) is 9.84. The predicted molar refractivity (Wildman–Crippen MR) is 222 cm³/mol. The molecule has 4 aromatic heterocycles. The van der Waals surface area contributed by atoms with E-state index in [0.717, 1.165) is 48.6 Å². The average molecular weight is 827 g/mol. The Bertz CT molecular complexity index is 2530. The molecule has 3 aliphatic rings. The zero-order valence-electron chi connectivity index (χ0n) is 32.5. The second kappa shape index (κ2) is 16.6. The first-order chi connectivity index (χ1) is 29.4. The number of carbonyl (C=O) groups excluding carboxylic acids is 2. The summed E-state index contributed by atoms with van der Waals surface area (Å²) in [6, 6.07) is 32.9. The van der Waals surface area contributed by atoms with E-state index >= 15 is 8.78 Å². The van der Waals surface area contributed by atoms with Gasteiger partial charge >= 0.3 is 12.1 Å². The number of halogens is 2. The molecule has 3 saturated carbocycles. The minimum atomic E-state index is -1.06. The highest BCUT2D eigenvalue weighted by Gasteiger charge is 2.49. The first kappa shape index (κ1) is 38.9. The Morgan fingerprint density at radius 2 is 1.43 bits per heavy atom. The molecular formula is C46H40F2N6O5S. The van der Waals surface area contributed by atoms with Gasteiger partial charge in [-0.25, -0.2) is 29.1 Å². The summed E-state index contributed by atoms with van der Waals surface area (Å²) in [5.74, 6) is -2.81. The van der Waals surface area contributed by atoms with Gasteiger partial charge in [0.15, 0.2) is 23.1 Å². The van der Waals surface area contributed by atoms with Crippen LogP contribution in [0.1, 0.15) is 49.3 Å². The molecule has 14 heteroatoms. The molecule has 3 fully saturated rings. The van der Waals surface area contributed by atoms with Crippen molar-refractivity contribution in [2.45, 2.75) is 44.2 Å². The summed E-state index contributed by atoms with van der Waals surface area (Å²) in [7, 11) is 0. The molecule has 2 bridgehead atoms. The lowest BCUT2D eigenvalue weighted by Gasteiger charge is -2.47. The zero-order valence-corrected chi connectivity index (χ0v) is 33.4. The van der Waals surface area contributed by atoms with Crippen molar-refractivity contribution in [3.63, 3.8) is 0 Å². The maximum atomic E-state index is 17.0. The lowest BCUT2D eigenvalue weighted by Crippen LogP contribution is -2.52. The number of anilines is 1. The Kier molecular flexibility index (Phi) is 10.8. The third kappa shape index (κ3) is 7.04. The Labute approximate surface area is 348 Å². The summed E-state index contributed by atoms with van der Waals surface area (Å²) in [6.45, 7) is 1.15. The fourth-order valence-electron chi connectivity index (χ4n) is 9.13. The number of nitrogens with one attached hydrogen (secondary N) is 1. The molecule has 0 radical (unpaired) electrons. The standard InChI is InChI=1S/C46H40F2N6O5S/c1-2-57-45(56)59-27-58-44(55)36-28-20-22-29(23-21-28)38(36)51-42-37(48)40(34-19-12-24-60-34)52-41(53-42)33-26-54(43-39(33)50-35(47)25-49-43)46(30-13-6-3-7-14-30,31-15-8-4-9-16-31)32-17-10-5-11-18-32/h3-19,24-26,28-29,36,38H,2,20-23,27H2,1H3,(H,51,52,53)/t28?,29?,36-,38-/m1/s1. The molecule has 0 amide bonds. The van der Waals surface area contributed by atoms with Crippen molar-refractivity contribution in [3.8, 4) is 22.0 Å². The van der Waals surface area contributed by atoms with Crippen molar-refractivity contribution < 1.29 is 32.6 Å². The van der Waals surface area contributed by atoms with Crippen LogP contribution in [0, 0.1) is 29.5 Å². The van der Waals surface area contributed by atoms with Crippen molar-refractivity contribution in [2.24, 2.45) is 17.8 Å². The first-order valence-electron chi connectivity index (χ1n) is 19.9. The molecule has 304 valence electrons. The molecule has 2 atom stereocenters. The van der Waals surface area contributed by atoms with Gasteiger partial charge in [0, 0.05) is 12.2 Å². The monoisotopic (exact) mass is 826 g/mol. The molecule has 3 aliphatic carbocycles. The van der Waals surface area contributed by atoms with Crippen molar-refractivity contribution >= 4 is 40.4 Å². The molecule has 7 aromatic rings. The van der Waals surface area contributed by atoms with Crippen LogP contribution < -0.4 is 5.32 Å². The summed E-state index contributed by atoms with van der Waals surface area (Å²) >= 11 is 1.31. The number of benzene rings is 3. The lowest BCUT2D eigenvalue weighted by molar-refractivity contribution is -0.164. The molecule has 0 aliphatic heterocycles. The highest BCUT2D eigenvalue weighted by atomic mass is 32.1. The molecule has 1 N–H and O–H groups in total. The maximum Gasteiger partial charge on any atom is 0.511 e. The largest absolute Gasteiger partial charge is 0.511 e. The number of aromatic nitrogens is 5. The van der Waals surface area contributed by atoms with Gasteiger partial charge in [0.05, 0.1) is 29.2 Å². The highest BCUT2D eigenvalue weighted by Crippen LogP contribution is 2.48. The molecular weight excluding hydrogens is 787 g/mol. The van der Waals surface area contributed by atoms with Crippen LogP contribution in [-0.4, -0.2) is 56.1 Å². The quantitative estimate of drug-likeness (QED) is 0.0722. The summed E-state index contributed by atoms with van der Waals surface area (Å²) < 4.78 is 49.5. The second-order valence-corrected chi connectivity index (χ2v) is 15.8. The van der Waals surface area contributed by atoms with Gasteiger partial charge in [0.2, 0.25) is 12.7 Å². The van der Waals surface area contributed by atoms with Gasteiger partial charge in [-0.15, -0.1) is 11.3 Å². The van der Waals surface area contributed by atoms with E-state index in [1.54, 1.807) is 19.1 Å². The predicted octanol–water partition coefficient (Wildman–Crippen LogP) is 9.63. The Morgan fingerprint density at radius 1 is 0.800 bits per heavy atom. The third-order valence-corrected chi connectivity index (χ3v) is 12.6. The second-order valence-electron chi connectivity index (χ2n) is 14.9. The van der Waals surface area contributed by atoms with Crippen LogP contribution in [0.4, 0.5) is 19.4 Å². The minimum absolute atomic E-state index is 0.00615. The number of nitrogens with zero attached hydrogens (tertiary/aromatic N) is 5. The van der Waals surface area contributed by atoms with Gasteiger partial charge in [0.1, 0.15) is 16.7 Å². The van der Waals surface area contributed by atoms with E-state index in [4.69, 9.17) is 24.2 Å². The summed E-state index contributed by atoms with van der Waals surface area (Å²) in [5.41, 5.74) is 2.52. The van der Waals surface area contributed by atoms with Crippen molar-refractivity contribution in [2.75, 3.05) is 18.7 Å². The lowest BCUT2D eigenvalue weighted by atomic mass is 9.61. The number of rotatable bonds is 12. The van der Waals surface area contributed by atoms with Gasteiger partial charge in [-0.05, 0) is 72.6 Å². The van der Waals surface area contributed by atoms with Crippen LogP contribution in [0.3, 0.4) is 0 Å². The molecule has 0 unspecified atom stereocenters. The van der Waals surface area contributed by atoms with Crippen molar-refractivity contribution in [1.29, 1.82) is 0 Å². The van der Waals surface area contributed by atoms with E-state index in [0.29, 0.717) is 16.1 Å². The topological polar surface area (TPSA) is 130 Å². The van der Waals surface area contributed by atoms with E-state index in [2.05, 4.69) is 15.3 Å². The molecule has 10 rings (SSSR count). The van der Waals surface area contributed by atoms with Gasteiger partial charge < -0.3 is 24.1 Å². The highest BCUT2D eigenvalue weighted by molar-refractivity contribution is 7.13. The van der Waals surface area contributed by atoms with Crippen molar-refractivity contribution in [1.82, 2.24) is 24.5 Å². The van der Waals surface area contributed by atoms with Gasteiger partial charge in [-0.2, -0.15) is 4.39 Å². The number of thiophene rings is 1.